The Balaban J connectivity index is 2.85. The first-order chi connectivity index (χ1) is 9.88. The van der Waals surface area contributed by atoms with E-state index >= 15 is 0 Å². The number of amides is 2. The van der Waals surface area contributed by atoms with Gasteiger partial charge in [0.1, 0.15) is 0 Å². The fraction of sp³-hybridized carbons (Fsp3) is 0.467. The van der Waals surface area contributed by atoms with E-state index in [0.29, 0.717) is 22.8 Å². The van der Waals surface area contributed by atoms with Gasteiger partial charge in [-0.15, -0.1) is 0 Å². The molecule has 21 heavy (non-hydrogen) atoms. The Bertz CT molecular complexity index is 520. The first-order valence-electron chi connectivity index (χ1n) is 7.04. The normalized spacial score (nSPS) is 13.4. The minimum absolute atomic E-state index is 0.0757. The highest BCUT2D eigenvalue weighted by molar-refractivity contribution is 6.34. The molecule has 0 aliphatic rings. The van der Waals surface area contributed by atoms with Gasteiger partial charge in [0.15, 0.2) is 0 Å². The number of hydrogen-bond acceptors (Lipinski definition) is 3. The lowest BCUT2D eigenvalue weighted by Crippen LogP contribution is -2.40. The van der Waals surface area contributed by atoms with E-state index < -0.39 is 6.04 Å². The van der Waals surface area contributed by atoms with Crippen LogP contribution in [0.25, 0.3) is 0 Å². The Labute approximate surface area is 130 Å². The Morgan fingerprint density at radius 2 is 1.95 bits per heavy atom. The molecule has 116 valence electrons. The van der Waals surface area contributed by atoms with E-state index in [1.165, 1.54) is 0 Å². The van der Waals surface area contributed by atoms with Crippen molar-refractivity contribution in [1.29, 1.82) is 0 Å². The summed E-state index contributed by atoms with van der Waals surface area (Å²) in [5.74, 6) is -0.317. The van der Waals surface area contributed by atoms with Crippen LogP contribution in [0, 0.1) is 5.92 Å². The van der Waals surface area contributed by atoms with E-state index in [1.54, 1.807) is 25.1 Å². The third-order valence-corrected chi connectivity index (χ3v) is 3.72. The summed E-state index contributed by atoms with van der Waals surface area (Å²) in [5, 5.41) is 5.82. The summed E-state index contributed by atoms with van der Waals surface area (Å²) < 4.78 is 0. The predicted octanol–water partition coefficient (Wildman–Crippen LogP) is 3.00. The average Bonchev–Trinajstić information content (AvgIpc) is 2.48. The fourth-order valence-electron chi connectivity index (χ4n) is 1.68. The summed E-state index contributed by atoms with van der Waals surface area (Å²) >= 11 is 6.06. The molecule has 0 radical (unpaired) electrons. The van der Waals surface area contributed by atoms with Crippen molar-refractivity contribution in [2.75, 3.05) is 10.6 Å². The number of halogens is 1. The van der Waals surface area contributed by atoms with Gasteiger partial charge in [0.2, 0.25) is 11.8 Å². The zero-order chi connectivity index (χ0) is 16.0. The first kappa shape index (κ1) is 17.5. The summed E-state index contributed by atoms with van der Waals surface area (Å²) in [6, 6.07) is 4.33. The predicted molar refractivity (Wildman–Crippen MR) is 86.4 cm³/mol. The van der Waals surface area contributed by atoms with Gasteiger partial charge in [-0.1, -0.05) is 38.8 Å². The number of carbonyl (C=O) groups is 2. The van der Waals surface area contributed by atoms with Gasteiger partial charge in [-0.2, -0.15) is 0 Å². The second-order valence-electron chi connectivity index (χ2n) is 5.00. The SMILES string of the molecule is CCC(=O)Nc1ccc(Cl)c(NC(=O)C(N)C(C)CC)c1. The molecule has 0 aliphatic carbocycles. The lowest BCUT2D eigenvalue weighted by atomic mass is 9.99. The molecule has 0 saturated heterocycles. The lowest BCUT2D eigenvalue weighted by molar-refractivity contribution is -0.118. The van der Waals surface area contributed by atoms with Gasteiger partial charge in [0, 0.05) is 12.1 Å². The summed E-state index contributed by atoms with van der Waals surface area (Å²) in [6.45, 7) is 5.66. The van der Waals surface area contributed by atoms with Gasteiger partial charge in [0.05, 0.1) is 16.8 Å². The molecule has 0 saturated carbocycles. The standard InChI is InChI=1S/C15H22ClN3O2/c1-4-9(3)14(17)15(21)19-12-8-10(6-7-11(12)16)18-13(20)5-2/h6-9,14H,4-5,17H2,1-3H3,(H,18,20)(H,19,21). The molecule has 0 aromatic heterocycles. The molecule has 0 bridgehead atoms. The van der Waals surface area contributed by atoms with Gasteiger partial charge in [-0.05, 0) is 24.1 Å². The second kappa shape index (κ2) is 8.00. The molecule has 6 heteroatoms. The van der Waals surface area contributed by atoms with Crippen LogP contribution >= 0.6 is 11.6 Å². The minimum Gasteiger partial charge on any atom is -0.326 e. The third kappa shape index (κ3) is 5.02. The van der Waals surface area contributed by atoms with E-state index in [2.05, 4.69) is 10.6 Å². The number of hydrogen-bond donors (Lipinski definition) is 3. The van der Waals surface area contributed by atoms with Crippen molar-refractivity contribution in [1.82, 2.24) is 0 Å². The van der Waals surface area contributed by atoms with Crippen LogP contribution in [0.3, 0.4) is 0 Å². The lowest BCUT2D eigenvalue weighted by Gasteiger charge is -2.18. The van der Waals surface area contributed by atoms with Crippen LogP contribution in [-0.2, 0) is 9.59 Å². The number of carbonyl (C=O) groups excluding carboxylic acids is 2. The Morgan fingerprint density at radius 1 is 1.29 bits per heavy atom. The van der Waals surface area contributed by atoms with Crippen LogP contribution in [0.5, 0.6) is 0 Å². The summed E-state index contributed by atoms with van der Waals surface area (Å²) in [6.07, 6.45) is 1.19. The minimum atomic E-state index is -0.597. The quantitative estimate of drug-likeness (QED) is 0.755. The molecular weight excluding hydrogens is 290 g/mol. The van der Waals surface area contributed by atoms with Crippen LogP contribution < -0.4 is 16.4 Å². The van der Waals surface area contributed by atoms with E-state index in [1.807, 2.05) is 13.8 Å². The largest absolute Gasteiger partial charge is 0.326 e. The molecule has 0 aliphatic heterocycles. The highest BCUT2D eigenvalue weighted by atomic mass is 35.5. The topological polar surface area (TPSA) is 84.2 Å². The molecule has 2 unspecified atom stereocenters. The van der Waals surface area contributed by atoms with Crippen LogP contribution in [0.15, 0.2) is 18.2 Å². The van der Waals surface area contributed by atoms with Crippen molar-refractivity contribution in [2.45, 2.75) is 39.7 Å². The van der Waals surface area contributed by atoms with Gasteiger partial charge >= 0.3 is 0 Å². The molecule has 4 N–H and O–H groups in total. The van der Waals surface area contributed by atoms with Crippen molar-refractivity contribution >= 4 is 34.8 Å². The van der Waals surface area contributed by atoms with Crippen molar-refractivity contribution in [3.63, 3.8) is 0 Å². The van der Waals surface area contributed by atoms with Gasteiger partial charge in [-0.25, -0.2) is 0 Å². The maximum atomic E-state index is 12.1. The van der Waals surface area contributed by atoms with E-state index in [9.17, 15) is 9.59 Å². The average molecular weight is 312 g/mol. The first-order valence-corrected chi connectivity index (χ1v) is 7.42. The molecule has 1 rings (SSSR count). The van der Waals surface area contributed by atoms with E-state index in [-0.39, 0.29) is 17.7 Å². The van der Waals surface area contributed by atoms with Crippen LogP contribution in [0.1, 0.15) is 33.6 Å². The monoisotopic (exact) mass is 311 g/mol. The van der Waals surface area contributed by atoms with Crippen LogP contribution in [0.2, 0.25) is 5.02 Å². The molecule has 2 atom stereocenters. The second-order valence-corrected chi connectivity index (χ2v) is 5.40. The molecule has 5 nitrogen and oxygen atoms in total. The van der Waals surface area contributed by atoms with E-state index in [0.717, 1.165) is 6.42 Å². The third-order valence-electron chi connectivity index (χ3n) is 3.39. The van der Waals surface area contributed by atoms with Crippen LogP contribution in [0.4, 0.5) is 11.4 Å². The number of nitrogens with two attached hydrogens (primary N) is 1. The van der Waals surface area contributed by atoms with Gasteiger partial charge < -0.3 is 16.4 Å². The van der Waals surface area contributed by atoms with Crippen LogP contribution in [-0.4, -0.2) is 17.9 Å². The maximum Gasteiger partial charge on any atom is 0.241 e. The van der Waals surface area contributed by atoms with Crippen molar-refractivity contribution < 1.29 is 9.59 Å². The molecule has 0 spiro atoms. The number of benzene rings is 1. The Morgan fingerprint density at radius 3 is 2.52 bits per heavy atom. The fourth-order valence-corrected chi connectivity index (χ4v) is 1.84. The Kier molecular flexibility index (Phi) is 6.65. The van der Waals surface area contributed by atoms with E-state index in [4.69, 9.17) is 17.3 Å². The summed E-state index contributed by atoms with van der Waals surface area (Å²) in [4.78, 5) is 23.5. The molecular formula is C15H22ClN3O2. The Hall–Kier alpha value is -1.59. The number of rotatable bonds is 6. The highest BCUT2D eigenvalue weighted by Crippen LogP contribution is 2.26. The van der Waals surface area contributed by atoms with Gasteiger partial charge in [0.25, 0.3) is 0 Å². The number of nitrogens with one attached hydrogen (secondary N) is 2. The smallest absolute Gasteiger partial charge is 0.241 e. The summed E-state index contributed by atoms with van der Waals surface area (Å²) in [5.41, 5.74) is 6.91. The van der Waals surface area contributed by atoms with Crippen molar-refractivity contribution in [2.24, 2.45) is 11.7 Å². The maximum absolute atomic E-state index is 12.1. The number of anilines is 2. The molecule has 0 fully saturated rings. The molecule has 1 aromatic carbocycles. The molecule has 1 aromatic rings. The molecule has 0 heterocycles. The molecule has 2 amide bonds. The highest BCUT2D eigenvalue weighted by Gasteiger charge is 2.20. The summed E-state index contributed by atoms with van der Waals surface area (Å²) in [7, 11) is 0. The van der Waals surface area contributed by atoms with Gasteiger partial charge in [-0.3, -0.25) is 9.59 Å². The van der Waals surface area contributed by atoms with Crippen molar-refractivity contribution in [3.8, 4) is 0 Å². The zero-order valence-corrected chi connectivity index (χ0v) is 13.3. The van der Waals surface area contributed by atoms with Crippen molar-refractivity contribution in [3.05, 3.63) is 23.2 Å². The zero-order valence-electron chi connectivity index (χ0n) is 12.6.